The molecule has 224 valence electrons. The lowest BCUT2D eigenvalue weighted by atomic mass is 9.94. The number of aliphatic hydroxyl groups is 3. The van der Waals surface area contributed by atoms with Gasteiger partial charge in [0.25, 0.3) is 11.8 Å². The van der Waals surface area contributed by atoms with E-state index in [0.717, 1.165) is 31.1 Å². The molecular formula is C29H35N5O7S. The van der Waals surface area contributed by atoms with Crippen molar-refractivity contribution in [1.29, 1.82) is 0 Å². The van der Waals surface area contributed by atoms with Crippen LogP contribution < -0.4 is 5.32 Å². The summed E-state index contributed by atoms with van der Waals surface area (Å²) in [5, 5.41) is 42.6. The van der Waals surface area contributed by atoms with Crippen molar-refractivity contribution < 1.29 is 34.4 Å². The molecule has 0 saturated carbocycles. The lowest BCUT2D eigenvalue weighted by molar-refractivity contribution is -0.173. The van der Waals surface area contributed by atoms with E-state index in [1.54, 1.807) is 23.0 Å². The van der Waals surface area contributed by atoms with Crippen molar-refractivity contribution in [3.8, 4) is 0 Å². The van der Waals surface area contributed by atoms with Crippen LogP contribution in [0.15, 0.2) is 42.6 Å². The van der Waals surface area contributed by atoms with Crippen LogP contribution in [0, 0.1) is 0 Å². The molecule has 2 aliphatic rings. The van der Waals surface area contributed by atoms with Gasteiger partial charge in [-0.3, -0.25) is 24.0 Å². The zero-order valence-corrected chi connectivity index (χ0v) is 24.1. The van der Waals surface area contributed by atoms with Gasteiger partial charge in [0.05, 0.1) is 25.4 Å². The van der Waals surface area contributed by atoms with E-state index in [1.165, 1.54) is 23.6 Å². The Morgan fingerprint density at radius 2 is 1.71 bits per heavy atom. The third-order valence-electron chi connectivity index (χ3n) is 7.58. The summed E-state index contributed by atoms with van der Waals surface area (Å²) < 4.78 is 7.46. The van der Waals surface area contributed by atoms with Gasteiger partial charge in [0.1, 0.15) is 29.4 Å². The number of amides is 3. The predicted octanol–water partition coefficient (Wildman–Crippen LogP) is 1.46. The molecule has 13 heteroatoms. The number of ether oxygens (including phenoxy) is 1. The van der Waals surface area contributed by atoms with Crippen LogP contribution in [0.25, 0.3) is 10.8 Å². The number of nitrogens with zero attached hydrogens (tertiary/aromatic N) is 4. The van der Waals surface area contributed by atoms with Crippen molar-refractivity contribution in [3.05, 3.63) is 59.4 Å². The van der Waals surface area contributed by atoms with E-state index in [-0.39, 0.29) is 24.3 Å². The smallest absolute Gasteiger partial charge is 0.261 e. The lowest BCUT2D eigenvalue weighted by Crippen LogP contribution is -2.63. The quantitative estimate of drug-likeness (QED) is 0.177. The number of aryl methyl sites for hydroxylation is 1. The Hall–Kier alpha value is -3.36. The van der Waals surface area contributed by atoms with Gasteiger partial charge in [-0.05, 0) is 36.1 Å². The fourth-order valence-corrected chi connectivity index (χ4v) is 6.71. The Morgan fingerprint density at radius 3 is 2.38 bits per heavy atom. The van der Waals surface area contributed by atoms with Crippen LogP contribution in [-0.4, -0.2) is 95.1 Å². The third-order valence-corrected chi connectivity index (χ3v) is 8.83. The number of hydrogen-bond acceptors (Lipinski definition) is 10. The van der Waals surface area contributed by atoms with Crippen molar-refractivity contribution in [3.63, 3.8) is 0 Å². The predicted molar refractivity (Wildman–Crippen MR) is 154 cm³/mol. The number of aromatic nitrogens is 3. The van der Waals surface area contributed by atoms with E-state index in [9.17, 15) is 29.7 Å². The van der Waals surface area contributed by atoms with Gasteiger partial charge in [-0.25, -0.2) is 0 Å². The second kappa shape index (κ2) is 13.3. The SMILES string of the molecule is CC(=O)N[C@@H]1[C@@H](O)[C@H](O)[C@@H](CO)O[C@H]1SCCCCCCn1cc(CN2C(=O)c3cccc4cccc(c34)C2=O)nn1. The highest BCUT2D eigenvalue weighted by Gasteiger charge is 2.44. The molecule has 2 aliphatic heterocycles. The molecule has 12 nitrogen and oxygen atoms in total. The molecule has 0 aliphatic carbocycles. The number of imide groups is 1. The fourth-order valence-electron chi connectivity index (χ4n) is 5.45. The maximum absolute atomic E-state index is 13.1. The molecule has 3 amide bonds. The Labute approximate surface area is 247 Å². The van der Waals surface area contributed by atoms with Gasteiger partial charge in [0.2, 0.25) is 5.91 Å². The Bertz CT molecular complexity index is 1400. The van der Waals surface area contributed by atoms with Gasteiger partial charge in [-0.1, -0.05) is 42.3 Å². The summed E-state index contributed by atoms with van der Waals surface area (Å²) >= 11 is 1.43. The van der Waals surface area contributed by atoms with Crippen molar-refractivity contribution >= 4 is 40.3 Å². The van der Waals surface area contributed by atoms with Crippen LogP contribution in [0.3, 0.4) is 0 Å². The number of rotatable bonds is 12. The number of unbranched alkanes of at least 4 members (excludes halogenated alkanes) is 3. The largest absolute Gasteiger partial charge is 0.394 e. The molecule has 0 unspecified atom stereocenters. The molecular weight excluding hydrogens is 562 g/mol. The van der Waals surface area contributed by atoms with Gasteiger partial charge in [-0.15, -0.1) is 16.9 Å². The number of thioether (sulfide) groups is 1. The van der Waals surface area contributed by atoms with Crippen LogP contribution >= 0.6 is 11.8 Å². The molecule has 0 bridgehead atoms. The molecule has 2 aromatic carbocycles. The first-order valence-electron chi connectivity index (χ1n) is 14.1. The van der Waals surface area contributed by atoms with Crippen LogP contribution in [0.5, 0.6) is 0 Å². The molecule has 0 spiro atoms. The first-order valence-corrected chi connectivity index (χ1v) is 15.1. The molecule has 0 radical (unpaired) electrons. The van der Waals surface area contributed by atoms with E-state index in [0.29, 0.717) is 34.5 Å². The summed E-state index contributed by atoms with van der Waals surface area (Å²) in [5.74, 6) is -0.298. The molecule has 5 atom stereocenters. The maximum atomic E-state index is 13.1. The van der Waals surface area contributed by atoms with E-state index in [1.807, 2.05) is 24.3 Å². The Kier molecular flexibility index (Phi) is 9.53. The molecule has 5 rings (SSSR count). The van der Waals surface area contributed by atoms with Gasteiger partial charge >= 0.3 is 0 Å². The topological polar surface area (TPSA) is 167 Å². The van der Waals surface area contributed by atoms with Gasteiger partial charge < -0.3 is 25.4 Å². The van der Waals surface area contributed by atoms with Crippen LogP contribution in [0.2, 0.25) is 0 Å². The average Bonchev–Trinajstić information content (AvgIpc) is 3.43. The molecule has 3 heterocycles. The summed E-state index contributed by atoms with van der Waals surface area (Å²) in [6.45, 7) is 1.60. The highest BCUT2D eigenvalue weighted by atomic mass is 32.2. The standard InChI is InChI=1S/C29H35N5O7S/c1-17(36)30-24-26(38)25(37)22(16-35)41-29(24)42-13-5-3-2-4-12-33-14-19(31-32-33)15-34-27(39)20-10-6-8-18-9-7-11-21(23(18)20)28(34)40/h6-11,14,22,24-26,29,35,37-38H,2-5,12-13,15-16H2,1H3,(H,30,36)/t22-,24-,25-,26-,29+/m1/s1. The third kappa shape index (κ3) is 6.35. The van der Waals surface area contributed by atoms with Crippen molar-refractivity contribution in [2.45, 2.75) is 75.5 Å². The van der Waals surface area contributed by atoms with Crippen molar-refractivity contribution in [1.82, 2.24) is 25.2 Å². The van der Waals surface area contributed by atoms with Crippen LogP contribution in [0.4, 0.5) is 0 Å². The summed E-state index contributed by atoms with van der Waals surface area (Å²) in [6, 6.07) is 10.1. The van der Waals surface area contributed by atoms with Crippen molar-refractivity contribution in [2.24, 2.45) is 0 Å². The fraction of sp³-hybridized carbons (Fsp3) is 0.483. The molecule has 1 saturated heterocycles. The van der Waals surface area contributed by atoms with Crippen LogP contribution in [-0.2, 0) is 22.6 Å². The number of hydrogen-bond donors (Lipinski definition) is 4. The first-order chi connectivity index (χ1) is 20.3. The second-order valence-corrected chi connectivity index (χ2v) is 11.8. The summed E-state index contributed by atoms with van der Waals surface area (Å²) in [6.07, 6.45) is 1.92. The second-order valence-electron chi connectivity index (χ2n) is 10.6. The number of nitrogens with one attached hydrogen (secondary N) is 1. The molecule has 3 aromatic rings. The van der Waals surface area contributed by atoms with E-state index >= 15 is 0 Å². The Morgan fingerprint density at radius 1 is 1.02 bits per heavy atom. The molecule has 4 N–H and O–H groups in total. The van der Waals surface area contributed by atoms with Crippen LogP contribution in [0.1, 0.15) is 59.0 Å². The minimum atomic E-state index is -1.28. The number of benzene rings is 2. The molecule has 1 fully saturated rings. The van der Waals surface area contributed by atoms with Gasteiger partial charge in [0, 0.05) is 30.0 Å². The first kappa shape index (κ1) is 30.1. The van der Waals surface area contributed by atoms with E-state index in [2.05, 4.69) is 15.6 Å². The molecule has 1 aromatic heterocycles. The van der Waals surface area contributed by atoms with E-state index in [4.69, 9.17) is 4.74 Å². The summed E-state index contributed by atoms with van der Waals surface area (Å²) in [7, 11) is 0. The molecule has 42 heavy (non-hydrogen) atoms. The highest BCUT2D eigenvalue weighted by molar-refractivity contribution is 7.99. The minimum absolute atomic E-state index is 0.0468. The zero-order valence-electron chi connectivity index (χ0n) is 23.3. The van der Waals surface area contributed by atoms with Gasteiger partial charge in [0.15, 0.2) is 0 Å². The van der Waals surface area contributed by atoms with Gasteiger partial charge in [-0.2, -0.15) is 0 Å². The van der Waals surface area contributed by atoms with E-state index < -0.39 is 36.4 Å². The number of carbonyl (C=O) groups is 3. The maximum Gasteiger partial charge on any atom is 0.261 e. The average molecular weight is 598 g/mol. The Balaban J connectivity index is 1.06. The number of carbonyl (C=O) groups excluding carboxylic acids is 3. The minimum Gasteiger partial charge on any atom is -0.394 e. The normalized spacial score (nSPS) is 23.9. The monoisotopic (exact) mass is 597 g/mol. The highest BCUT2D eigenvalue weighted by Crippen LogP contribution is 2.31. The zero-order chi connectivity index (χ0) is 29.8. The van der Waals surface area contributed by atoms with Crippen molar-refractivity contribution in [2.75, 3.05) is 12.4 Å². The lowest BCUT2D eigenvalue weighted by Gasteiger charge is -2.42. The number of aliphatic hydroxyl groups excluding tert-OH is 3. The summed E-state index contributed by atoms with van der Waals surface area (Å²) in [5.41, 5.74) is 0.972. The summed E-state index contributed by atoms with van der Waals surface area (Å²) in [4.78, 5) is 39.1.